The fourth-order valence-corrected chi connectivity index (χ4v) is 4.60. The number of aromatic amines is 1. The molecule has 4 rings (SSSR count). The quantitative estimate of drug-likeness (QED) is 0.271. The molecule has 10 nitrogen and oxygen atoms in total. The van der Waals surface area contributed by atoms with E-state index in [1.54, 1.807) is 6.33 Å². The number of benzene rings is 1. The molecule has 1 unspecified atom stereocenters. The third-order valence-corrected chi connectivity index (χ3v) is 6.37. The van der Waals surface area contributed by atoms with Crippen LogP contribution in [0.5, 0.6) is 5.75 Å². The maximum Gasteiger partial charge on any atom is 0.180 e. The SMILES string of the molecule is CCOC(COCCN1CCN(c2cc(-c3n[nH]c4ccc(OC(C)C)cc34)ncn2)CC1C)OCC. The Bertz CT molecular complexity index is 1120. The second kappa shape index (κ2) is 13.1. The van der Waals surface area contributed by atoms with Crippen LogP contribution in [0.25, 0.3) is 22.3 Å². The Hall–Kier alpha value is -2.79. The molecular weight excluding hydrogens is 472 g/mol. The van der Waals surface area contributed by atoms with E-state index < -0.39 is 0 Å². The van der Waals surface area contributed by atoms with Crippen molar-refractivity contribution < 1.29 is 18.9 Å². The summed E-state index contributed by atoms with van der Waals surface area (Å²) in [6.07, 6.45) is 1.43. The zero-order chi connectivity index (χ0) is 26.2. The van der Waals surface area contributed by atoms with E-state index in [1.807, 2.05) is 52.0 Å². The number of piperazine rings is 1. The number of H-pyrrole nitrogens is 1. The molecule has 1 aromatic carbocycles. The monoisotopic (exact) mass is 512 g/mol. The van der Waals surface area contributed by atoms with E-state index >= 15 is 0 Å². The molecule has 1 fully saturated rings. The van der Waals surface area contributed by atoms with Crippen LogP contribution in [-0.2, 0) is 14.2 Å². The minimum absolute atomic E-state index is 0.104. The summed E-state index contributed by atoms with van der Waals surface area (Å²) >= 11 is 0. The second-order valence-electron chi connectivity index (χ2n) is 9.45. The highest BCUT2D eigenvalue weighted by Gasteiger charge is 2.25. The smallest absolute Gasteiger partial charge is 0.180 e. The summed E-state index contributed by atoms with van der Waals surface area (Å²) in [6.45, 7) is 16.1. The number of fused-ring (bicyclic) bond motifs is 1. The highest BCUT2D eigenvalue weighted by molar-refractivity contribution is 5.93. The first kappa shape index (κ1) is 27.3. The fraction of sp³-hybridized carbons (Fsp3) is 0.593. The molecule has 0 amide bonds. The molecule has 0 spiro atoms. The van der Waals surface area contributed by atoms with Gasteiger partial charge in [-0.05, 0) is 52.8 Å². The molecule has 0 saturated carbocycles. The highest BCUT2D eigenvalue weighted by atomic mass is 16.7. The van der Waals surface area contributed by atoms with Crippen molar-refractivity contribution in [2.75, 3.05) is 57.5 Å². The van der Waals surface area contributed by atoms with Crippen molar-refractivity contribution in [2.24, 2.45) is 0 Å². The topological polar surface area (TPSA) is 97.9 Å². The van der Waals surface area contributed by atoms with Gasteiger partial charge in [0.1, 0.15) is 23.6 Å². The van der Waals surface area contributed by atoms with Crippen molar-refractivity contribution in [1.29, 1.82) is 0 Å². The lowest BCUT2D eigenvalue weighted by Gasteiger charge is -2.40. The number of nitrogens with zero attached hydrogens (tertiary/aromatic N) is 5. The summed E-state index contributed by atoms with van der Waals surface area (Å²) < 4.78 is 22.8. The molecule has 202 valence electrons. The maximum atomic E-state index is 5.88. The normalized spacial score (nSPS) is 16.8. The zero-order valence-corrected chi connectivity index (χ0v) is 22.6. The van der Waals surface area contributed by atoms with E-state index in [0.717, 1.165) is 60.0 Å². The summed E-state index contributed by atoms with van der Waals surface area (Å²) in [6, 6.07) is 8.36. The molecule has 3 aromatic rings. The third-order valence-electron chi connectivity index (χ3n) is 6.37. The molecule has 1 atom stereocenters. The molecule has 1 aliphatic heterocycles. The number of hydrogen-bond donors (Lipinski definition) is 1. The van der Waals surface area contributed by atoms with Crippen LogP contribution in [0.15, 0.2) is 30.6 Å². The van der Waals surface area contributed by atoms with Crippen molar-refractivity contribution in [3.63, 3.8) is 0 Å². The highest BCUT2D eigenvalue weighted by Crippen LogP contribution is 2.30. The first-order chi connectivity index (χ1) is 18.0. The summed E-state index contributed by atoms with van der Waals surface area (Å²) in [7, 11) is 0. The third kappa shape index (κ3) is 7.16. The molecule has 0 aliphatic carbocycles. The summed E-state index contributed by atoms with van der Waals surface area (Å²) in [5.74, 6) is 1.73. The average Bonchev–Trinajstić information content (AvgIpc) is 3.30. The van der Waals surface area contributed by atoms with Crippen LogP contribution in [0.2, 0.25) is 0 Å². The predicted octanol–water partition coefficient (Wildman–Crippen LogP) is 3.73. The first-order valence-corrected chi connectivity index (χ1v) is 13.3. The van der Waals surface area contributed by atoms with Crippen molar-refractivity contribution in [3.05, 3.63) is 30.6 Å². The summed E-state index contributed by atoms with van der Waals surface area (Å²) in [4.78, 5) is 13.9. The lowest BCUT2D eigenvalue weighted by Crippen LogP contribution is -2.53. The van der Waals surface area contributed by atoms with E-state index in [1.165, 1.54) is 0 Å². The molecule has 2 aromatic heterocycles. The second-order valence-corrected chi connectivity index (χ2v) is 9.45. The van der Waals surface area contributed by atoms with E-state index in [4.69, 9.17) is 18.9 Å². The van der Waals surface area contributed by atoms with Gasteiger partial charge in [0.15, 0.2) is 6.29 Å². The Morgan fingerprint density at radius 2 is 1.89 bits per heavy atom. The van der Waals surface area contributed by atoms with Crippen LogP contribution in [0.3, 0.4) is 0 Å². The van der Waals surface area contributed by atoms with Gasteiger partial charge in [-0.25, -0.2) is 9.97 Å². The van der Waals surface area contributed by atoms with E-state index in [2.05, 4.69) is 36.9 Å². The van der Waals surface area contributed by atoms with E-state index in [9.17, 15) is 0 Å². The Balaban J connectivity index is 1.36. The van der Waals surface area contributed by atoms with Gasteiger partial charge in [0.2, 0.25) is 0 Å². The molecule has 10 heteroatoms. The standard InChI is InChI=1S/C27H40N6O4/c1-6-35-26(36-7-2)17-34-13-12-32-10-11-33(16-20(32)5)25-15-24(28-18-29-25)27-22-14-21(37-19(3)4)8-9-23(22)30-31-27/h8-9,14-15,18-20,26H,6-7,10-13,16-17H2,1-5H3,(H,30,31). The van der Waals surface area contributed by atoms with Crippen LogP contribution in [0.4, 0.5) is 5.82 Å². The average molecular weight is 513 g/mol. The zero-order valence-electron chi connectivity index (χ0n) is 22.6. The molecule has 3 heterocycles. The van der Waals surface area contributed by atoms with E-state index in [0.29, 0.717) is 32.5 Å². The molecule has 1 N–H and O–H groups in total. The number of hydrogen-bond acceptors (Lipinski definition) is 9. The van der Waals surface area contributed by atoms with Gasteiger partial charge in [-0.15, -0.1) is 0 Å². The molecule has 1 aliphatic rings. The van der Waals surface area contributed by atoms with Gasteiger partial charge in [0.05, 0.1) is 30.5 Å². The van der Waals surface area contributed by atoms with Crippen molar-refractivity contribution in [2.45, 2.75) is 53.1 Å². The Kier molecular flexibility index (Phi) is 9.68. The van der Waals surface area contributed by atoms with Gasteiger partial charge < -0.3 is 23.8 Å². The van der Waals surface area contributed by atoms with Crippen molar-refractivity contribution in [1.82, 2.24) is 25.1 Å². The fourth-order valence-electron chi connectivity index (χ4n) is 4.60. The van der Waals surface area contributed by atoms with Crippen LogP contribution in [0, 0.1) is 0 Å². The Labute approximate surface area is 219 Å². The number of anilines is 1. The Morgan fingerprint density at radius 3 is 2.62 bits per heavy atom. The number of rotatable bonds is 13. The van der Waals surface area contributed by atoms with Crippen LogP contribution in [-0.4, -0.2) is 96.1 Å². The van der Waals surface area contributed by atoms with Gasteiger partial charge in [-0.3, -0.25) is 10.00 Å². The molecule has 0 bridgehead atoms. The van der Waals surface area contributed by atoms with Gasteiger partial charge in [-0.2, -0.15) is 5.10 Å². The van der Waals surface area contributed by atoms with Gasteiger partial charge >= 0.3 is 0 Å². The maximum absolute atomic E-state index is 5.88. The lowest BCUT2D eigenvalue weighted by molar-refractivity contribution is -0.168. The van der Waals surface area contributed by atoms with Gasteiger partial charge in [-0.1, -0.05) is 0 Å². The summed E-state index contributed by atoms with van der Waals surface area (Å²) in [5.41, 5.74) is 2.54. The summed E-state index contributed by atoms with van der Waals surface area (Å²) in [5, 5.41) is 8.64. The number of ether oxygens (including phenoxy) is 4. The van der Waals surface area contributed by atoms with Gasteiger partial charge in [0.25, 0.3) is 0 Å². The van der Waals surface area contributed by atoms with Crippen LogP contribution < -0.4 is 9.64 Å². The lowest BCUT2D eigenvalue weighted by atomic mass is 10.1. The minimum atomic E-state index is -0.294. The van der Waals surface area contributed by atoms with Crippen molar-refractivity contribution in [3.8, 4) is 17.1 Å². The number of aromatic nitrogens is 4. The Morgan fingerprint density at radius 1 is 1.08 bits per heavy atom. The van der Waals surface area contributed by atoms with Gasteiger partial charge in [0, 0.05) is 56.9 Å². The molecule has 1 saturated heterocycles. The molecule has 0 radical (unpaired) electrons. The van der Waals surface area contributed by atoms with Crippen LogP contribution in [0.1, 0.15) is 34.6 Å². The minimum Gasteiger partial charge on any atom is -0.491 e. The van der Waals surface area contributed by atoms with Crippen molar-refractivity contribution >= 4 is 16.7 Å². The molecule has 37 heavy (non-hydrogen) atoms. The first-order valence-electron chi connectivity index (χ1n) is 13.3. The predicted molar refractivity (Wildman–Crippen MR) is 144 cm³/mol. The largest absolute Gasteiger partial charge is 0.491 e. The molecular formula is C27H40N6O4. The van der Waals surface area contributed by atoms with Crippen LogP contribution >= 0.6 is 0 Å². The van der Waals surface area contributed by atoms with E-state index in [-0.39, 0.29) is 12.4 Å². The number of nitrogens with one attached hydrogen (secondary N) is 1.